The minimum absolute atomic E-state index is 0. The van der Waals surface area contributed by atoms with E-state index in [2.05, 4.69) is 26.9 Å². The molecule has 0 N–H and O–H groups in total. The summed E-state index contributed by atoms with van der Waals surface area (Å²) < 4.78 is 0. The molecule has 0 spiro atoms. The van der Waals surface area contributed by atoms with Gasteiger partial charge in [-0.25, -0.2) is 0 Å². The van der Waals surface area contributed by atoms with Gasteiger partial charge in [-0.05, 0) is 0 Å². The normalized spacial score (nSPS) is 2.75. The summed E-state index contributed by atoms with van der Waals surface area (Å²) in [5.41, 5.74) is 0. The minimum atomic E-state index is 0. The second-order valence-electron chi connectivity index (χ2n) is 0.0745. The predicted octanol–water partition coefficient (Wildman–Crippen LogP) is 0.629. The molecule has 4 heavy (non-hydrogen) atoms. The molecule has 0 aromatic rings. The molecule has 0 aromatic carbocycles. The molecule has 0 heterocycles. The Bertz CT molecular complexity index is 27.0. The van der Waals surface area contributed by atoms with Crippen molar-refractivity contribution in [2.24, 2.45) is 0 Å². The molecule has 0 amide bonds. The van der Waals surface area contributed by atoms with E-state index in [1.165, 1.54) is 7.98 Å². The molecule has 0 saturated carbocycles. The van der Waals surface area contributed by atoms with E-state index in [-0.39, 0.29) is 7.43 Å². The van der Waals surface area contributed by atoms with Gasteiger partial charge in [0, 0.05) is 0 Å². The molecule has 0 rings (SSSR count). The van der Waals surface area contributed by atoms with Crippen molar-refractivity contribution in [3.63, 3.8) is 0 Å². The third kappa shape index (κ3) is 11.8. The van der Waals surface area contributed by atoms with Crippen LogP contribution in [-0.2, 0) is 34.9 Å². The van der Waals surface area contributed by atoms with E-state index in [4.69, 9.17) is 0 Å². The van der Waals surface area contributed by atoms with Crippen molar-refractivity contribution in [3.05, 3.63) is 0 Å². The Hall–Kier alpha value is 1.02. The summed E-state index contributed by atoms with van der Waals surface area (Å²) in [4.78, 5) is 0. The Kier molecular flexibility index (Phi) is 20.0. The molecular weight excluding hydrogens is 127 g/mol. The Morgan fingerprint density at radius 2 is 1.75 bits per heavy atom. The summed E-state index contributed by atoms with van der Waals surface area (Å²) in [5.74, 6) is 0. The molecule has 0 atom stereocenters. The Morgan fingerprint density at radius 1 is 1.75 bits per heavy atom. The van der Waals surface area contributed by atoms with Crippen LogP contribution in [0.5, 0.6) is 0 Å². The zero-order valence-corrected chi connectivity index (χ0v) is 4.29. The second kappa shape index (κ2) is 8.98. The fourth-order valence-electron chi connectivity index (χ4n) is 0. The van der Waals surface area contributed by atoms with Crippen molar-refractivity contribution in [1.29, 1.82) is 0 Å². The van der Waals surface area contributed by atoms with Gasteiger partial charge in [-0.15, -0.1) is 0 Å². The Labute approximate surface area is 42.5 Å². The van der Waals surface area contributed by atoms with Crippen LogP contribution in [0.4, 0.5) is 0 Å². The van der Waals surface area contributed by atoms with Gasteiger partial charge in [0.25, 0.3) is 0 Å². The molecule has 0 aliphatic heterocycles. The van der Waals surface area contributed by atoms with Crippen molar-refractivity contribution in [1.82, 2.24) is 0 Å². The van der Waals surface area contributed by atoms with E-state index >= 15 is 0 Å². The van der Waals surface area contributed by atoms with Crippen LogP contribution in [0.1, 0.15) is 7.43 Å². The molecule has 0 radical (unpaired) electrons. The van der Waals surface area contributed by atoms with E-state index in [1.807, 2.05) is 0 Å². The first-order chi connectivity index (χ1) is 1.41. The van der Waals surface area contributed by atoms with Gasteiger partial charge in [-0.1, -0.05) is 7.43 Å². The van der Waals surface area contributed by atoms with Crippen LogP contribution in [-0.4, -0.2) is 0 Å². The van der Waals surface area contributed by atoms with Crippen molar-refractivity contribution in [2.45, 2.75) is 7.43 Å². The predicted molar refractivity (Wildman–Crippen MR) is 21.5 cm³/mol. The van der Waals surface area contributed by atoms with Crippen LogP contribution in [0.3, 0.4) is 0 Å². The quantitative estimate of drug-likeness (QED) is 0.464. The monoisotopic (exact) mass is 131 g/mol. The molecule has 3 heteroatoms. The van der Waals surface area contributed by atoms with Crippen molar-refractivity contribution < 1.29 is 15.7 Å². The summed E-state index contributed by atoms with van der Waals surface area (Å²) in [6.45, 7) is 0. The topological polar surface area (TPSA) is 0 Å². The molecule has 0 nitrogen and oxygen atoms in total. The first-order valence-electron chi connectivity index (χ1n) is 0.349. The second-order valence-corrected chi connectivity index (χ2v) is 2.77. The molecule has 0 aromatic heterocycles. The molecule has 0 saturated heterocycles. The third-order valence-corrected chi connectivity index (χ3v) is 0. The van der Waals surface area contributed by atoms with E-state index in [9.17, 15) is 0 Å². The molecule has 0 fully saturated rings. The first kappa shape index (κ1) is 8.90. The van der Waals surface area contributed by atoms with E-state index in [0.29, 0.717) is 0 Å². The molecule has 0 bridgehead atoms. The first-order valence-corrected chi connectivity index (χ1v) is 3.76. The van der Waals surface area contributed by atoms with Gasteiger partial charge in [0.15, 0.2) is 0 Å². The fraction of sp³-hybridized carbons (Fsp3) is 1.00. The Morgan fingerprint density at radius 3 is 1.75 bits per heavy atom. The molecule has 0 unspecified atom stereocenters. The van der Waals surface area contributed by atoms with Crippen LogP contribution in [0, 0.1) is 0 Å². The average molecular weight is 131 g/mol. The van der Waals surface area contributed by atoms with Crippen molar-refractivity contribution in [2.75, 3.05) is 0 Å². The molecule has 0 aliphatic carbocycles. The standard InChI is InChI=1S/CH4.S2.V/c;1-2;/h1H4;;. The Balaban J connectivity index is 0. The zero-order valence-electron chi connectivity index (χ0n) is 1.26. The van der Waals surface area contributed by atoms with Gasteiger partial charge >= 0.3 is 34.9 Å². The number of hydrogen-bond acceptors (Lipinski definition) is 1. The van der Waals surface area contributed by atoms with E-state index in [1.54, 1.807) is 0 Å². The van der Waals surface area contributed by atoms with Crippen LogP contribution in [0.15, 0.2) is 0 Å². The summed E-state index contributed by atoms with van der Waals surface area (Å²) in [7, 11) is 1.27. The van der Waals surface area contributed by atoms with Crippen molar-refractivity contribution >= 4 is 19.2 Å². The summed E-state index contributed by atoms with van der Waals surface area (Å²) >= 11 is 6.48. The van der Waals surface area contributed by atoms with Crippen LogP contribution in [0.25, 0.3) is 0 Å². The zero-order chi connectivity index (χ0) is 2.71. The third-order valence-electron chi connectivity index (χ3n) is 0. The number of hydrogen-bond donors (Lipinski definition) is 0. The molecular formula is CH4S2V. The van der Waals surface area contributed by atoms with Gasteiger partial charge in [0.1, 0.15) is 0 Å². The van der Waals surface area contributed by atoms with E-state index in [0.717, 1.165) is 0 Å². The molecule has 0 aliphatic rings. The van der Waals surface area contributed by atoms with Gasteiger partial charge in [0.05, 0.1) is 0 Å². The van der Waals surface area contributed by atoms with Crippen molar-refractivity contribution in [3.8, 4) is 0 Å². The van der Waals surface area contributed by atoms with Crippen LogP contribution >= 0.6 is 0 Å². The van der Waals surface area contributed by atoms with Crippen LogP contribution in [0.2, 0.25) is 0 Å². The van der Waals surface area contributed by atoms with E-state index < -0.39 is 0 Å². The SMILES string of the molecule is C.S=[S]=[V]. The van der Waals surface area contributed by atoms with Gasteiger partial charge in [0.2, 0.25) is 0 Å². The van der Waals surface area contributed by atoms with Gasteiger partial charge < -0.3 is 0 Å². The summed E-state index contributed by atoms with van der Waals surface area (Å²) in [6, 6.07) is 0. The molecule has 25 valence electrons. The summed E-state index contributed by atoms with van der Waals surface area (Å²) in [5, 5.41) is 0. The van der Waals surface area contributed by atoms with Gasteiger partial charge in [-0.3, -0.25) is 0 Å². The average Bonchev–Trinajstić information content (AvgIpc) is 0.918. The van der Waals surface area contributed by atoms with Crippen LogP contribution < -0.4 is 0 Å². The maximum absolute atomic E-state index is 4.28. The number of rotatable bonds is 0. The summed E-state index contributed by atoms with van der Waals surface area (Å²) in [6.07, 6.45) is 0. The van der Waals surface area contributed by atoms with Gasteiger partial charge in [-0.2, -0.15) is 0 Å². The fourth-order valence-corrected chi connectivity index (χ4v) is 0. The maximum atomic E-state index is 4.28.